The van der Waals surface area contributed by atoms with E-state index >= 15 is 0 Å². The van der Waals surface area contributed by atoms with Gasteiger partial charge in [0.25, 0.3) is 0 Å². The molecule has 0 aliphatic heterocycles. The molecule has 11 nitrogen and oxygen atoms in total. The number of hydrogen-bond acceptors (Lipinski definition) is 10. The number of fused-ring (bicyclic) bond motifs is 3. The number of alkyl carbamates (subject to hydrolysis) is 1. The summed E-state index contributed by atoms with van der Waals surface area (Å²) in [5, 5.41) is 2.75. The first-order valence-corrected chi connectivity index (χ1v) is 18.5. The summed E-state index contributed by atoms with van der Waals surface area (Å²) in [6.45, 7) is 11.4. The minimum Gasteiger partial charge on any atom is -0.449 e. The summed E-state index contributed by atoms with van der Waals surface area (Å²) in [5.41, 5.74) is 4.79. The molecule has 0 saturated carbocycles. The van der Waals surface area contributed by atoms with Gasteiger partial charge < -0.3 is 47.9 Å². The molecule has 0 heterocycles. The van der Waals surface area contributed by atoms with Crippen molar-refractivity contribution in [2.24, 2.45) is 0 Å². The Balaban J connectivity index is 0.971. The summed E-state index contributed by atoms with van der Waals surface area (Å²) in [5.74, 6) is 0.0427. The second kappa shape index (κ2) is 29.0. The summed E-state index contributed by atoms with van der Waals surface area (Å²) >= 11 is 0. The highest BCUT2D eigenvalue weighted by Gasteiger charge is 2.28. The van der Waals surface area contributed by atoms with Crippen LogP contribution in [-0.2, 0) is 42.6 Å². The average Bonchev–Trinajstić information content (AvgIpc) is 3.46. The van der Waals surface area contributed by atoms with Crippen molar-refractivity contribution in [1.82, 2.24) is 5.32 Å². The van der Waals surface area contributed by atoms with Crippen LogP contribution in [0.5, 0.6) is 0 Å². The Kier molecular flexibility index (Phi) is 24.3. The largest absolute Gasteiger partial charge is 0.449 e. The van der Waals surface area contributed by atoms with Crippen LogP contribution >= 0.6 is 0 Å². The molecular weight excluding hydrogens is 642 g/mol. The van der Waals surface area contributed by atoms with Gasteiger partial charge in [0.1, 0.15) is 6.61 Å². The van der Waals surface area contributed by atoms with Gasteiger partial charge in [0.15, 0.2) is 0 Å². The fourth-order valence-corrected chi connectivity index (χ4v) is 5.50. The predicted octanol–water partition coefficient (Wildman–Crippen LogP) is 6.02. The molecule has 3 rings (SSSR count). The molecule has 0 aromatic heterocycles. The summed E-state index contributed by atoms with van der Waals surface area (Å²) in [6.07, 6.45) is 7.21. The van der Waals surface area contributed by atoms with E-state index in [0.29, 0.717) is 112 Å². The second-order valence-corrected chi connectivity index (χ2v) is 11.9. The number of unbranched alkanes of at least 4 members (excludes halogenated alkanes) is 5. The first-order valence-electron chi connectivity index (χ1n) is 18.5. The Morgan fingerprint density at radius 1 is 0.500 bits per heavy atom. The molecule has 1 aliphatic rings. The van der Waals surface area contributed by atoms with E-state index in [0.717, 1.165) is 13.0 Å². The first-order chi connectivity index (χ1) is 24.8. The van der Waals surface area contributed by atoms with E-state index in [-0.39, 0.29) is 5.92 Å². The molecule has 1 amide bonds. The highest BCUT2D eigenvalue weighted by Crippen LogP contribution is 2.44. The average molecular weight is 704 g/mol. The molecule has 0 saturated heterocycles. The lowest BCUT2D eigenvalue weighted by Crippen LogP contribution is -2.29. The first kappa shape index (κ1) is 41.8. The van der Waals surface area contributed by atoms with Gasteiger partial charge in [0.05, 0.1) is 99.1 Å². The fourth-order valence-electron chi connectivity index (χ4n) is 5.50. The number of carbonyl (C=O) groups excluding carboxylic acids is 1. The lowest BCUT2D eigenvalue weighted by atomic mass is 9.98. The number of ether oxygens (including phenoxy) is 9. The summed E-state index contributed by atoms with van der Waals surface area (Å²) in [4.78, 5) is 12.2. The van der Waals surface area contributed by atoms with E-state index in [1.807, 2.05) is 24.3 Å². The Labute approximate surface area is 299 Å². The van der Waals surface area contributed by atoms with Gasteiger partial charge in [-0.05, 0) is 28.7 Å². The smallest absolute Gasteiger partial charge is 0.407 e. The van der Waals surface area contributed by atoms with E-state index in [4.69, 9.17) is 42.6 Å². The molecule has 1 N–H and O–H groups in total. The maximum atomic E-state index is 12.2. The lowest BCUT2D eigenvalue weighted by Gasteiger charge is -2.14. The van der Waals surface area contributed by atoms with Crippen LogP contribution < -0.4 is 5.32 Å². The molecule has 1 aliphatic carbocycles. The maximum absolute atomic E-state index is 12.2. The molecule has 0 radical (unpaired) electrons. The van der Waals surface area contributed by atoms with E-state index in [9.17, 15) is 4.79 Å². The molecule has 11 heteroatoms. The van der Waals surface area contributed by atoms with Crippen molar-refractivity contribution in [1.29, 1.82) is 0 Å². The molecule has 0 spiro atoms. The third-order valence-corrected chi connectivity index (χ3v) is 8.11. The number of nitrogens with one attached hydrogen (secondary N) is 1. The van der Waals surface area contributed by atoms with Crippen molar-refractivity contribution >= 4 is 6.09 Å². The zero-order chi connectivity index (χ0) is 35.2. The lowest BCUT2D eigenvalue weighted by molar-refractivity contribution is -0.0230. The van der Waals surface area contributed by atoms with Gasteiger partial charge in [-0.15, -0.1) is 0 Å². The number of rotatable bonds is 33. The van der Waals surface area contributed by atoms with Crippen molar-refractivity contribution < 1.29 is 47.4 Å². The molecule has 0 fully saturated rings. The molecule has 282 valence electrons. The summed E-state index contributed by atoms with van der Waals surface area (Å²) in [7, 11) is 0. The summed E-state index contributed by atoms with van der Waals surface area (Å²) < 4.78 is 49.7. The van der Waals surface area contributed by atoms with Crippen molar-refractivity contribution in [2.45, 2.75) is 51.4 Å². The topological polar surface area (TPSA) is 112 Å². The molecule has 0 unspecified atom stereocenters. The van der Waals surface area contributed by atoms with Gasteiger partial charge >= 0.3 is 6.09 Å². The molecule has 0 bridgehead atoms. The highest BCUT2D eigenvalue weighted by molar-refractivity contribution is 5.79. The van der Waals surface area contributed by atoms with Crippen molar-refractivity contribution in [2.75, 3.05) is 119 Å². The van der Waals surface area contributed by atoms with Gasteiger partial charge in [-0.1, -0.05) is 87.6 Å². The molecule has 2 aromatic rings. The van der Waals surface area contributed by atoms with Crippen LogP contribution in [0.2, 0.25) is 0 Å². The van der Waals surface area contributed by atoms with Crippen LogP contribution in [0, 0.1) is 0 Å². The zero-order valence-corrected chi connectivity index (χ0v) is 30.2. The number of carbonyl (C=O) groups is 1. The maximum Gasteiger partial charge on any atom is 0.407 e. The molecular formula is C39H61NO10. The van der Waals surface area contributed by atoms with Crippen molar-refractivity contribution in [3.8, 4) is 11.1 Å². The van der Waals surface area contributed by atoms with Crippen LogP contribution in [0.1, 0.15) is 62.5 Å². The number of amides is 1. The van der Waals surface area contributed by atoms with E-state index in [1.54, 1.807) is 0 Å². The minimum absolute atomic E-state index is 0.0427. The summed E-state index contributed by atoms with van der Waals surface area (Å²) in [6, 6.07) is 16.5. The van der Waals surface area contributed by atoms with Crippen LogP contribution in [-0.4, -0.2) is 125 Å². The number of hydrogen-bond donors (Lipinski definition) is 1. The van der Waals surface area contributed by atoms with Crippen LogP contribution in [0.3, 0.4) is 0 Å². The third-order valence-electron chi connectivity index (χ3n) is 8.11. The Hall–Kier alpha value is -2.61. The SMILES string of the molecule is CCCCCCCCOCCOCCOCCOCCOCCOCCOCCOCCNC(=O)OCC1c2ccccc2-c2ccccc21. The second-order valence-electron chi connectivity index (χ2n) is 11.9. The third kappa shape index (κ3) is 18.6. The van der Waals surface area contributed by atoms with E-state index in [2.05, 4.69) is 36.5 Å². The minimum atomic E-state index is -0.446. The molecule has 0 atom stereocenters. The van der Waals surface area contributed by atoms with Crippen LogP contribution in [0.25, 0.3) is 11.1 Å². The van der Waals surface area contributed by atoms with Gasteiger partial charge in [0.2, 0.25) is 0 Å². The highest BCUT2D eigenvalue weighted by atomic mass is 16.6. The zero-order valence-electron chi connectivity index (χ0n) is 30.2. The van der Waals surface area contributed by atoms with Crippen molar-refractivity contribution in [3.63, 3.8) is 0 Å². The van der Waals surface area contributed by atoms with E-state index < -0.39 is 6.09 Å². The quantitative estimate of drug-likeness (QED) is 0.0887. The normalized spacial score (nSPS) is 12.3. The monoisotopic (exact) mass is 703 g/mol. The van der Waals surface area contributed by atoms with Gasteiger partial charge in [-0.25, -0.2) is 4.79 Å². The van der Waals surface area contributed by atoms with E-state index in [1.165, 1.54) is 54.4 Å². The van der Waals surface area contributed by atoms with Crippen LogP contribution in [0.15, 0.2) is 48.5 Å². The van der Waals surface area contributed by atoms with Crippen molar-refractivity contribution in [3.05, 3.63) is 59.7 Å². The Morgan fingerprint density at radius 2 is 0.880 bits per heavy atom. The van der Waals surface area contributed by atoms with Gasteiger partial charge in [-0.2, -0.15) is 0 Å². The molecule has 2 aromatic carbocycles. The van der Waals surface area contributed by atoms with Gasteiger partial charge in [0, 0.05) is 19.1 Å². The molecule has 50 heavy (non-hydrogen) atoms. The number of benzene rings is 2. The Bertz CT molecular complexity index is 1070. The predicted molar refractivity (Wildman–Crippen MR) is 193 cm³/mol. The van der Waals surface area contributed by atoms with Crippen LogP contribution in [0.4, 0.5) is 4.79 Å². The van der Waals surface area contributed by atoms with Gasteiger partial charge in [-0.3, -0.25) is 0 Å². The fraction of sp³-hybridized carbons (Fsp3) is 0.667. The standard InChI is InChI=1S/C39H61NO10/c1-2-3-4-5-6-11-17-42-19-21-44-23-25-46-27-29-48-31-32-49-30-28-47-26-24-45-22-20-43-18-16-40-39(41)50-33-38-36-14-9-7-12-34(36)35-13-8-10-15-37(35)38/h7-10,12-15,38H,2-6,11,16-33H2,1H3,(H,40,41). The Morgan fingerprint density at radius 3 is 1.34 bits per heavy atom.